The molecule has 0 aliphatic rings. The molecular formula is C12H10BrClN2O. The molecule has 0 fully saturated rings. The first-order valence-electron chi connectivity index (χ1n) is 5.04. The molecule has 1 atom stereocenters. The van der Waals surface area contributed by atoms with Crippen LogP contribution < -0.4 is 0 Å². The van der Waals surface area contributed by atoms with Crippen molar-refractivity contribution >= 4 is 27.5 Å². The van der Waals surface area contributed by atoms with E-state index in [9.17, 15) is 5.11 Å². The third kappa shape index (κ3) is 3.25. The smallest absolute Gasteiger partial charge is 0.1000 e. The first kappa shape index (κ1) is 12.5. The molecule has 0 radical (unpaired) electrons. The lowest BCUT2D eigenvalue weighted by Crippen LogP contribution is -2.04. The van der Waals surface area contributed by atoms with E-state index in [0.717, 1.165) is 10.0 Å². The van der Waals surface area contributed by atoms with Gasteiger partial charge in [0.25, 0.3) is 0 Å². The van der Waals surface area contributed by atoms with E-state index in [-0.39, 0.29) is 0 Å². The average molecular weight is 314 g/mol. The van der Waals surface area contributed by atoms with E-state index in [1.54, 1.807) is 30.7 Å². The van der Waals surface area contributed by atoms with Crippen molar-refractivity contribution in [3.63, 3.8) is 0 Å². The second kappa shape index (κ2) is 5.58. The number of halogens is 2. The second-order valence-electron chi connectivity index (χ2n) is 3.59. The van der Waals surface area contributed by atoms with Gasteiger partial charge in [-0.2, -0.15) is 0 Å². The molecule has 0 bridgehead atoms. The normalized spacial score (nSPS) is 12.4. The molecule has 1 N–H and O–H groups in total. The molecule has 2 aromatic rings. The second-order valence-corrected chi connectivity index (χ2v) is 4.91. The summed E-state index contributed by atoms with van der Waals surface area (Å²) < 4.78 is 0.885. The molecule has 3 nitrogen and oxygen atoms in total. The maximum Gasteiger partial charge on any atom is 0.1000 e. The summed E-state index contributed by atoms with van der Waals surface area (Å²) in [6.07, 6.45) is 4.65. The highest BCUT2D eigenvalue weighted by Crippen LogP contribution is 2.22. The van der Waals surface area contributed by atoms with E-state index in [1.165, 1.54) is 0 Å². The Morgan fingerprint density at radius 3 is 2.76 bits per heavy atom. The van der Waals surface area contributed by atoms with Crippen LogP contribution in [0.3, 0.4) is 0 Å². The van der Waals surface area contributed by atoms with Crippen LogP contribution >= 0.6 is 27.5 Å². The molecule has 0 aliphatic carbocycles. The van der Waals surface area contributed by atoms with Gasteiger partial charge in [-0.25, -0.2) is 0 Å². The summed E-state index contributed by atoms with van der Waals surface area (Å²) in [5.41, 5.74) is 1.49. The van der Waals surface area contributed by atoms with Crippen LogP contribution in [0.4, 0.5) is 0 Å². The SMILES string of the molecule is OC(Cc1ccncc1Cl)c1ccc(Br)cn1. The highest BCUT2D eigenvalue weighted by molar-refractivity contribution is 9.10. The Hall–Kier alpha value is -0.970. The van der Waals surface area contributed by atoms with Crippen LogP contribution in [-0.2, 0) is 6.42 Å². The maximum atomic E-state index is 10.0. The topological polar surface area (TPSA) is 46.0 Å². The molecule has 17 heavy (non-hydrogen) atoms. The molecule has 1 unspecified atom stereocenters. The summed E-state index contributed by atoms with van der Waals surface area (Å²) in [6.45, 7) is 0. The first-order valence-corrected chi connectivity index (χ1v) is 6.22. The number of nitrogens with zero attached hydrogens (tertiary/aromatic N) is 2. The standard InChI is InChI=1S/C12H10BrClN2O/c13-9-1-2-11(16-6-9)12(17)5-8-3-4-15-7-10(8)14/h1-4,6-7,12,17H,5H2. The van der Waals surface area contributed by atoms with Crippen LogP contribution in [0, 0.1) is 0 Å². The predicted octanol–water partition coefficient (Wildman–Crippen LogP) is 3.17. The molecule has 2 rings (SSSR count). The van der Waals surface area contributed by atoms with Gasteiger partial charge in [-0.15, -0.1) is 0 Å². The Kier molecular flexibility index (Phi) is 4.10. The fraction of sp³-hybridized carbons (Fsp3) is 0.167. The fourth-order valence-corrected chi connectivity index (χ4v) is 1.90. The van der Waals surface area contributed by atoms with Crippen LogP contribution in [0.5, 0.6) is 0 Å². The van der Waals surface area contributed by atoms with Crippen LogP contribution in [0.2, 0.25) is 5.02 Å². The number of rotatable bonds is 3. The fourth-order valence-electron chi connectivity index (χ4n) is 1.47. The zero-order valence-corrected chi connectivity index (χ0v) is 11.2. The lowest BCUT2D eigenvalue weighted by Gasteiger charge is -2.10. The molecule has 0 saturated heterocycles. The molecular weight excluding hydrogens is 304 g/mol. The molecule has 0 amide bonds. The Bertz CT molecular complexity index is 504. The van der Waals surface area contributed by atoms with E-state index < -0.39 is 6.10 Å². The zero-order chi connectivity index (χ0) is 12.3. The Morgan fingerprint density at radius 1 is 1.29 bits per heavy atom. The van der Waals surface area contributed by atoms with E-state index >= 15 is 0 Å². The molecule has 2 aromatic heterocycles. The molecule has 0 aliphatic heterocycles. The molecule has 2 heterocycles. The van der Waals surface area contributed by atoms with Gasteiger partial charge >= 0.3 is 0 Å². The average Bonchev–Trinajstić information content (AvgIpc) is 2.33. The van der Waals surface area contributed by atoms with Crippen molar-refractivity contribution in [2.24, 2.45) is 0 Å². The van der Waals surface area contributed by atoms with Gasteiger partial charge in [0.2, 0.25) is 0 Å². The summed E-state index contributed by atoms with van der Waals surface area (Å²) in [4.78, 5) is 8.05. The molecule has 0 saturated carbocycles. The molecule has 88 valence electrons. The number of pyridine rings is 2. The van der Waals surface area contributed by atoms with E-state index in [2.05, 4.69) is 25.9 Å². The van der Waals surface area contributed by atoms with Gasteiger partial charge in [0.05, 0.1) is 16.8 Å². The molecule has 0 spiro atoms. The van der Waals surface area contributed by atoms with Gasteiger partial charge in [0, 0.05) is 29.5 Å². The van der Waals surface area contributed by atoms with Crippen molar-refractivity contribution in [1.82, 2.24) is 9.97 Å². The van der Waals surface area contributed by atoms with Gasteiger partial charge in [-0.1, -0.05) is 11.6 Å². The minimum Gasteiger partial charge on any atom is -0.386 e. The lowest BCUT2D eigenvalue weighted by molar-refractivity contribution is 0.173. The van der Waals surface area contributed by atoms with Crippen molar-refractivity contribution < 1.29 is 5.11 Å². The Morgan fingerprint density at radius 2 is 2.12 bits per heavy atom. The summed E-state index contributed by atoms with van der Waals surface area (Å²) in [6, 6.07) is 5.42. The molecule has 5 heteroatoms. The number of aliphatic hydroxyl groups excluding tert-OH is 1. The van der Waals surface area contributed by atoms with Crippen LogP contribution in [0.15, 0.2) is 41.3 Å². The molecule has 0 aromatic carbocycles. The van der Waals surface area contributed by atoms with Crippen molar-refractivity contribution in [2.75, 3.05) is 0 Å². The monoisotopic (exact) mass is 312 g/mol. The van der Waals surface area contributed by atoms with Crippen molar-refractivity contribution in [2.45, 2.75) is 12.5 Å². The maximum absolute atomic E-state index is 10.0. The Labute approximate surface area is 113 Å². The van der Waals surface area contributed by atoms with Crippen LogP contribution in [-0.4, -0.2) is 15.1 Å². The highest BCUT2D eigenvalue weighted by atomic mass is 79.9. The summed E-state index contributed by atoms with van der Waals surface area (Å²) >= 11 is 9.28. The lowest BCUT2D eigenvalue weighted by atomic mass is 10.1. The van der Waals surface area contributed by atoms with Crippen molar-refractivity contribution in [3.05, 3.63) is 57.5 Å². The van der Waals surface area contributed by atoms with Crippen molar-refractivity contribution in [3.8, 4) is 0 Å². The van der Waals surface area contributed by atoms with Gasteiger partial charge in [-0.3, -0.25) is 9.97 Å². The zero-order valence-electron chi connectivity index (χ0n) is 8.85. The van der Waals surface area contributed by atoms with Gasteiger partial charge < -0.3 is 5.11 Å². The number of hydrogen-bond donors (Lipinski definition) is 1. The third-order valence-electron chi connectivity index (χ3n) is 2.36. The van der Waals surface area contributed by atoms with Gasteiger partial charge in [0.15, 0.2) is 0 Å². The van der Waals surface area contributed by atoms with E-state index in [1.807, 2.05) is 6.07 Å². The quantitative estimate of drug-likeness (QED) is 0.946. The minimum atomic E-state index is -0.664. The van der Waals surface area contributed by atoms with Gasteiger partial charge in [0.1, 0.15) is 0 Å². The highest BCUT2D eigenvalue weighted by Gasteiger charge is 2.11. The van der Waals surface area contributed by atoms with E-state index in [0.29, 0.717) is 17.1 Å². The number of aromatic nitrogens is 2. The predicted molar refractivity (Wildman–Crippen MR) is 69.8 cm³/mol. The van der Waals surface area contributed by atoms with Crippen LogP contribution in [0.1, 0.15) is 17.4 Å². The van der Waals surface area contributed by atoms with Gasteiger partial charge in [-0.05, 0) is 39.7 Å². The summed E-state index contributed by atoms with van der Waals surface area (Å²) in [7, 11) is 0. The summed E-state index contributed by atoms with van der Waals surface area (Å²) in [5, 5.41) is 10.6. The first-order chi connectivity index (χ1) is 8.16. The minimum absolute atomic E-state index is 0.427. The van der Waals surface area contributed by atoms with Crippen LogP contribution in [0.25, 0.3) is 0 Å². The number of hydrogen-bond acceptors (Lipinski definition) is 3. The number of aliphatic hydroxyl groups is 1. The van der Waals surface area contributed by atoms with Crippen molar-refractivity contribution in [1.29, 1.82) is 0 Å². The largest absolute Gasteiger partial charge is 0.386 e. The Balaban J connectivity index is 2.14. The van der Waals surface area contributed by atoms with E-state index in [4.69, 9.17) is 11.6 Å². The summed E-state index contributed by atoms with van der Waals surface area (Å²) in [5.74, 6) is 0. The third-order valence-corrected chi connectivity index (χ3v) is 3.17.